The third-order valence-electron chi connectivity index (χ3n) is 4.82. The minimum atomic E-state index is -0.321. The molecule has 0 saturated carbocycles. The molecule has 1 amide bonds. The van der Waals surface area contributed by atoms with Crippen LogP contribution in [0.2, 0.25) is 0 Å². The van der Waals surface area contributed by atoms with Crippen LogP contribution in [0.4, 0.5) is 11.5 Å². The van der Waals surface area contributed by atoms with E-state index in [2.05, 4.69) is 32.3 Å². The van der Waals surface area contributed by atoms with Crippen LogP contribution in [0.3, 0.4) is 0 Å². The van der Waals surface area contributed by atoms with Gasteiger partial charge in [0.25, 0.3) is 5.56 Å². The van der Waals surface area contributed by atoms with Crippen LogP contribution in [0.5, 0.6) is 0 Å². The first kappa shape index (κ1) is 17.2. The van der Waals surface area contributed by atoms with Crippen LogP contribution in [-0.4, -0.2) is 43.4 Å². The maximum Gasteiger partial charge on any atom is 0.267 e. The van der Waals surface area contributed by atoms with Crippen molar-refractivity contribution in [2.24, 2.45) is 5.92 Å². The molecule has 3 aromatic rings. The highest BCUT2D eigenvalue weighted by atomic mass is 16.2. The lowest BCUT2D eigenvalue weighted by atomic mass is 9.99. The predicted octanol–water partition coefficient (Wildman–Crippen LogP) is 1.16. The molecule has 1 fully saturated rings. The van der Waals surface area contributed by atoms with E-state index < -0.39 is 0 Å². The van der Waals surface area contributed by atoms with Gasteiger partial charge in [0, 0.05) is 37.1 Å². The van der Waals surface area contributed by atoms with Crippen molar-refractivity contribution >= 4 is 23.1 Å². The zero-order chi connectivity index (χ0) is 18.8. The highest BCUT2D eigenvalue weighted by Crippen LogP contribution is 2.20. The average Bonchev–Trinajstić information content (AvgIpc) is 3.12. The number of anilines is 2. The summed E-state index contributed by atoms with van der Waals surface area (Å²) >= 11 is 0. The molecule has 1 aliphatic rings. The molecule has 4 heterocycles. The second-order valence-corrected chi connectivity index (χ2v) is 6.88. The number of pyridine rings is 1. The summed E-state index contributed by atoms with van der Waals surface area (Å²) in [6.45, 7) is 3.93. The standard InChI is InChI=1S/C18H21N7O2/c1-13-4-7-23(8-5-13)15-2-3-18(27)25(22-15)11-17(26)21-14-6-9-24-16(10-14)19-12-20-24/h2-3,6,9-10,12-13H,4-5,7-8,11H2,1H3,(H,21,26). The lowest BCUT2D eigenvalue weighted by Crippen LogP contribution is -2.36. The highest BCUT2D eigenvalue weighted by molar-refractivity contribution is 5.90. The predicted molar refractivity (Wildman–Crippen MR) is 101 cm³/mol. The number of hydrogen-bond donors (Lipinski definition) is 1. The second-order valence-electron chi connectivity index (χ2n) is 6.88. The van der Waals surface area contributed by atoms with Crippen LogP contribution < -0.4 is 15.8 Å². The van der Waals surface area contributed by atoms with Gasteiger partial charge >= 0.3 is 0 Å². The molecule has 0 atom stereocenters. The molecule has 0 aliphatic carbocycles. The van der Waals surface area contributed by atoms with E-state index in [4.69, 9.17) is 0 Å². The minimum absolute atomic E-state index is 0.144. The number of piperidine rings is 1. The average molecular weight is 367 g/mol. The number of fused-ring (bicyclic) bond motifs is 1. The molecule has 0 spiro atoms. The Hall–Kier alpha value is -3.23. The molecule has 9 nitrogen and oxygen atoms in total. The van der Waals surface area contributed by atoms with E-state index >= 15 is 0 Å². The normalized spacial score (nSPS) is 15.2. The van der Waals surface area contributed by atoms with Crippen molar-refractivity contribution in [3.63, 3.8) is 0 Å². The Morgan fingerprint density at radius 2 is 2.07 bits per heavy atom. The van der Waals surface area contributed by atoms with E-state index in [1.807, 2.05) is 0 Å². The van der Waals surface area contributed by atoms with Gasteiger partial charge in [-0.15, -0.1) is 0 Å². The zero-order valence-corrected chi connectivity index (χ0v) is 15.1. The van der Waals surface area contributed by atoms with Gasteiger partial charge in [0.1, 0.15) is 18.7 Å². The third-order valence-corrected chi connectivity index (χ3v) is 4.82. The zero-order valence-electron chi connectivity index (χ0n) is 15.1. The third kappa shape index (κ3) is 3.81. The number of rotatable bonds is 4. The van der Waals surface area contributed by atoms with E-state index in [9.17, 15) is 9.59 Å². The number of carbonyl (C=O) groups excluding carboxylic acids is 1. The van der Waals surface area contributed by atoms with Crippen molar-refractivity contribution < 1.29 is 4.79 Å². The number of nitrogens with zero attached hydrogens (tertiary/aromatic N) is 6. The van der Waals surface area contributed by atoms with E-state index in [0.29, 0.717) is 17.3 Å². The Labute approximate surface area is 155 Å². The molecule has 27 heavy (non-hydrogen) atoms. The fraction of sp³-hybridized carbons (Fsp3) is 0.389. The smallest absolute Gasteiger partial charge is 0.267 e. The van der Waals surface area contributed by atoms with Gasteiger partial charge < -0.3 is 10.2 Å². The number of aromatic nitrogens is 5. The SMILES string of the molecule is CC1CCN(c2ccc(=O)n(CC(=O)Nc3ccn4ncnc4c3)n2)CC1. The second kappa shape index (κ2) is 7.18. The van der Waals surface area contributed by atoms with Crippen molar-refractivity contribution in [3.05, 3.63) is 47.1 Å². The fourth-order valence-corrected chi connectivity index (χ4v) is 3.19. The van der Waals surface area contributed by atoms with Gasteiger partial charge in [-0.2, -0.15) is 10.2 Å². The van der Waals surface area contributed by atoms with Crippen molar-refractivity contribution in [1.29, 1.82) is 0 Å². The Balaban J connectivity index is 1.47. The van der Waals surface area contributed by atoms with Crippen LogP contribution in [0, 0.1) is 5.92 Å². The molecular formula is C18H21N7O2. The Kier molecular flexibility index (Phi) is 4.57. The van der Waals surface area contributed by atoms with E-state index in [-0.39, 0.29) is 18.0 Å². The summed E-state index contributed by atoms with van der Waals surface area (Å²) in [5.41, 5.74) is 0.923. The monoisotopic (exact) mass is 367 g/mol. The summed E-state index contributed by atoms with van der Waals surface area (Å²) in [5, 5.41) is 11.2. The van der Waals surface area contributed by atoms with Gasteiger partial charge in [-0.3, -0.25) is 9.59 Å². The van der Waals surface area contributed by atoms with E-state index in [1.54, 1.807) is 28.9 Å². The summed E-state index contributed by atoms with van der Waals surface area (Å²) in [6, 6.07) is 6.63. The maximum absolute atomic E-state index is 12.4. The summed E-state index contributed by atoms with van der Waals surface area (Å²) in [5.74, 6) is 1.12. The number of nitrogens with one attached hydrogen (secondary N) is 1. The Morgan fingerprint density at radius 1 is 1.26 bits per heavy atom. The lowest BCUT2D eigenvalue weighted by Gasteiger charge is -2.31. The van der Waals surface area contributed by atoms with Crippen LogP contribution in [0.25, 0.3) is 5.65 Å². The van der Waals surface area contributed by atoms with Gasteiger partial charge in [-0.1, -0.05) is 6.92 Å². The summed E-state index contributed by atoms with van der Waals surface area (Å²) < 4.78 is 2.81. The number of carbonyl (C=O) groups is 1. The molecule has 1 N–H and O–H groups in total. The first-order valence-electron chi connectivity index (χ1n) is 9.01. The van der Waals surface area contributed by atoms with Crippen LogP contribution >= 0.6 is 0 Å². The molecule has 0 radical (unpaired) electrons. The van der Waals surface area contributed by atoms with E-state index in [0.717, 1.165) is 31.7 Å². The van der Waals surface area contributed by atoms with Crippen molar-refractivity contribution in [2.75, 3.05) is 23.3 Å². The number of hydrogen-bond acceptors (Lipinski definition) is 6. The van der Waals surface area contributed by atoms with Gasteiger partial charge in [-0.05, 0) is 30.9 Å². The topological polar surface area (TPSA) is 97.4 Å². The van der Waals surface area contributed by atoms with Gasteiger partial charge in [0.15, 0.2) is 5.65 Å². The number of amides is 1. The largest absolute Gasteiger partial charge is 0.355 e. The Bertz CT molecular complexity index is 1020. The summed E-state index contributed by atoms with van der Waals surface area (Å²) in [6.07, 6.45) is 5.36. The quantitative estimate of drug-likeness (QED) is 0.743. The first-order chi connectivity index (χ1) is 13.1. The van der Waals surface area contributed by atoms with Gasteiger partial charge in [0.05, 0.1) is 0 Å². The van der Waals surface area contributed by atoms with Gasteiger partial charge in [-0.25, -0.2) is 14.2 Å². The Morgan fingerprint density at radius 3 is 2.89 bits per heavy atom. The van der Waals surface area contributed by atoms with Crippen molar-refractivity contribution in [2.45, 2.75) is 26.3 Å². The summed E-state index contributed by atoms with van der Waals surface area (Å²) in [7, 11) is 0. The molecule has 4 rings (SSSR count). The van der Waals surface area contributed by atoms with Crippen LogP contribution in [0.15, 0.2) is 41.6 Å². The fourth-order valence-electron chi connectivity index (χ4n) is 3.19. The van der Waals surface area contributed by atoms with Crippen molar-refractivity contribution in [3.8, 4) is 0 Å². The summed E-state index contributed by atoms with van der Waals surface area (Å²) in [4.78, 5) is 30.7. The highest BCUT2D eigenvalue weighted by Gasteiger charge is 2.18. The van der Waals surface area contributed by atoms with Crippen LogP contribution in [0.1, 0.15) is 19.8 Å². The molecule has 140 valence electrons. The maximum atomic E-state index is 12.4. The molecule has 3 aromatic heterocycles. The lowest BCUT2D eigenvalue weighted by molar-refractivity contribution is -0.117. The molecule has 0 unspecified atom stereocenters. The molecule has 1 saturated heterocycles. The molecule has 1 aliphatic heterocycles. The molecule has 9 heteroatoms. The first-order valence-corrected chi connectivity index (χ1v) is 9.01. The molecule has 0 aromatic carbocycles. The molecular weight excluding hydrogens is 346 g/mol. The van der Waals surface area contributed by atoms with Gasteiger partial charge in [0.2, 0.25) is 5.91 Å². The molecule has 0 bridgehead atoms. The minimum Gasteiger partial charge on any atom is -0.355 e. The van der Waals surface area contributed by atoms with E-state index in [1.165, 1.54) is 17.1 Å². The van der Waals surface area contributed by atoms with Crippen LogP contribution in [-0.2, 0) is 11.3 Å². The van der Waals surface area contributed by atoms with Crippen molar-refractivity contribution in [1.82, 2.24) is 24.4 Å².